The van der Waals surface area contributed by atoms with Crippen molar-refractivity contribution < 1.29 is 21.8 Å². The van der Waals surface area contributed by atoms with Crippen LogP contribution in [0, 0.1) is 0 Å². The van der Waals surface area contributed by atoms with Crippen LogP contribution in [0.15, 0.2) is 79.1 Å². The highest BCUT2D eigenvalue weighted by molar-refractivity contribution is 6.33. The van der Waals surface area contributed by atoms with Gasteiger partial charge in [-0.1, -0.05) is 54.1 Å². The zero-order chi connectivity index (χ0) is 19.3. The minimum atomic E-state index is 0. The molecule has 0 atom stereocenters. The lowest BCUT2D eigenvalue weighted by atomic mass is 10.2. The van der Waals surface area contributed by atoms with Crippen molar-refractivity contribution >= 4 is 23.2 Å². The lowest BCUT2D eigenvalue weighted by Gasteiger charge is -2.36. The van der Waals surface area contributed by atoms with Crippen molar-refractivity contribution in [3.63, 3.8) is 0 Å². The maximum Gasteiger partial charge on any atom is 0.260 e. The van der Waals surface area contributed by atoms with Crippen LogP contribution in [0.25, 0.3) is 0 Å². The summed E-state index contributed by atoms with van der Waals surface area (Å²) in [7, 11) is 0. The molecule has 2 heterocycles. The van der Waals surface area contributed by atoms with E-state index in [1.165, 1.54) is 5.56 Å². The Hall–Kier alpha value is -2.56. The molecule has 1 amide bonds. The fourth-order valence-corrected chi connectivity index (χ4v) is 3.84. The molecule has 150 valence electrons. The van der Waals surface area contributed by atoms with Crippen molar-refractivity contribution in [2.45, 2.75) is 6.54 Å². The number of amides is 1. The number of anilines is 1. The maximum atomic E-state index is 13.0. The maximum absolute atomic E-state index is 13.0. The molecule has 29 heavy (non-hydrogen) atoms. The number of hydrogen-bond acceptors (Lipinski definition) is 2. The van der Waals surface area contributed by atoms with Crippen molar-refractivity contribution in [1.82, 2.24) is 4.90 Å². The molecule has 0 unspecified atom stereocenters. The average molecular weight is 428 g/mol. The number of benzene rings is 2. The fraction of sp³-hybridized carbons (Fsp3) is 0.217. The Balaban J connectivity index is 0.00000240. The molecule has 4 nitrogen and oxygen atoms in total. The highest BCUT2D eigenvalue weighted by Gasteiger charge is 2.24. The molecular formula is C23H23Cl2N3O. The summed E-state index contributed by atoms with van der Waals surface area (Å²) in [6.07, 6.45) is 3.94. The summed E-state index contributed by atoms with van der Waals surface area (Å²) in [5, 5.41) is 0.757. The number of piperazine rings is 1. The Morgan fingerprint density at radius 2 is 1.59 bits per heavy atom. The van der Waals surface area contributed by atoms with E-state index < -0.39 is 0 Å². The van der Waals surface area contributed by atoms with Gasteiger partial charge in [-0.25, -0.2) is 0 Å². The van der Waals surface area contributed by atoms with Gasteiger partial charge < -0.3 is 22.2 Å². The number of hydrogen-bond donors (Lipinski definition) is 0. The number of aromatic nitrogens is 1. The molecule has 2 aromatic carbocycles. The van der Waals surface area contributed by atoms with E-state index in [0.717, 1.165) is 35.9 Å². The van der Waals surface area contributed by atoms with E-state index >= 15 is 0 Å². The number of nitrogens with zero attached hydrogens (tertiary/aromatic N) is 3. The molecule has 0 bridgehead atoms. The second kappa shape index (κ2) is 9.77. The van der Waals surface area contributed by atoms with E-state index in [9.17, 15) is 4.79 Å². The van der Waals surface area contributed by atoms with Gasteiger partial charge in [-0.15, -0.1) is 0 Å². The van der Waals surface area contributed by atoms with Crippen LogP contribution in [0.3, 0.4) is 0 Å². The van der Waals surface area contributed by atoms with Crippen LogP contribution in [0.4, 0.5) is 5.69 Å². The van der Waals surface area contributed by atoms with E-state index in [-0.39, 0.29) is 18.3 Å². The monoisotopic (exact) mass is 427 g/mol. The first-order valence-electron chi connectivity index (χ1n) is 9.52. The first-order valence-corrected chi connectivity index (χ1v) is 9.90. The second-order valence-corrected chi connectivity index (χ2v) is 7.39. The molecule has 1 aromatic heterocycles. The topological polar surface area (TPSA) is 27.4 Å². The van der Waals surface area contributed by atoms with Gasteiger partial charge in [0.25, 0.3) is 5.91 Å². The molecule has 0 N–H and O–H groups in total. The first-order chi connectivity index (χ1) is 13.7. The molecule has 4 rings (SSSR count). The van der Waals surface area contributed by atoms with E-state index in [1.807, 2.05) is 71.9 Å². The van der Waals surface area contributed by atoms with Gasteiger partial charge in [0.2, 0.25) is 0 Å². The molecule has 1 aliphatic heterocycles. The summed E-state index contributed by atoms with van der Waals surface area (Å²) in [5.74, 6) is 0.0845. The zero-order valence-corrected chi connectivity index (χ0v) is 17.6. The number of pyridine rings is 1. The standard InChI is InChI=1S/C23H23ClN3O.ClH/c24-21-10-4-5-11-22(21)26-13-15-27(16-14-26)23(28)20-9-6-12-25(18-20)17-19-7-2-1-3-8-19;/h1-12,18H,13-17H2;1H/q+1;/p-1. The third-order valence-corrected chi connectivity index (χ3v) is 5.39. The minimum Gasteiger partial charge on any atom is -1.00 e. The Morgan fingerprint density at radius 1 is 0.897 bits per heavy atom. The molecular weight excluding hydrogens is 405 g/mol. The van der Waals surface area contributed by atoms with Gasteiger partial charge in [0, 0.05) is 37.8 Å². The van der Waals surface area contributed by atoms with Gasteiger partial charge in [0.1, 0.15) is 5.56 Å². The summed E-state index contributed by atoms with van der Waals surface area (Å²) >= 11 is 6.31. The summed E-state index contributed by atoms with van der Waals surface area (Å²) in [6, 6.07) is 22.0. The van der Waals surface area contributed by atoms with Gasteiger partial charge >= 0.3 is 0 Å². The number of para-hydroxylation sites is 1. The van der Waals surface area contributed by atoms with Crippen molar-refractivity contribution in [3.8, 4) is 0 Å². The largest absolute Gasteiger partial charge is 1.00 e. The lowest BCUT2D eigenvalue weighted by Crippen LogP contribution is -3.00. The number of carbonyl (C=O) groups excluding carboxylic acids is 1. The summed E-state index contributed by atoms with van der Waals surface area (Å²) in [6.45, 7) is 3.70. The lowest BCUT2D eigenvalue weighted by molar-refractivity contribution is -0.688. The van der Waals surface area contributed by atoms with E-state index in [1.54, 1.807) is 0 Å². The van der Waals surface area contributed by atoms with Gasteiger partial charge in [-0.05, 0) is 18.2 Å². The van der Waals surface area contributed by atoms with Crippen molar-refractivity contribution in [2.24, 2.45) is 0 Å². The van der Waals surface area contributed by atoms with Crippen LogP contribution >= 0.6 is 11.6 Å². The molecule has 1 fully saturated rings. The van der Waals surface area contributed by atoms with E-state index in [4.69, 9.17) is 11.6 Å². The van der Waals surface area contributed by atoms with Gasteiger partial charge in [-0.2, -0.15) is 4.57 Å². The zero-order valence-electron chi connectivity index (χ0n) is 16.0. The highest BCUT2D eigenvalue weighted by atomic mass is 35.5. The normalized spacial score (nSPS) is 13.7. The second-order valence-electron chi connectivity index (χ2n) is 6.98. The Kier molecular flexibility index (Phi) is 7.13. The predicted molar refractivity (Wildman–Crippen MR) is 112 cm³/mol. The Labute approximate surface area is 182 Å². The van der Waals surface area contributed by atoms with Crippen LogP contribution in [-0.4, -0.2) is 37.0 Å². The third-order valence-electron chi connectivity index (χ3n) is 5.07. The van der Waals surface area contributed by atoms with Gasteiger partial charge in [-0.3, -0.25) is 4.79 Å². The van der Waals surface area contributed by atoms with Crippen LogP contribution in [0.5, 0.6) is 0 Å². The third kappa shape index (κ3) is 5.08. The molecule has 0 radical (unpaired) electrons. The van der Waals surface area contributed by atoms with E-state index in [0.29, 0.717) is 13.1 Å². The van der Waals surface area contributed by atoms with Crippen LogP contribution in [0.2, 0.25) is 5.02 Å². The van der Waals surface area contributed by atoms with Crippen LogP contribution < -0.4 is 21.9 Å². The molecule has 3 aromatic rings. The molecule has 1 saturated heterocycles. The summed E-state index contributed by atoms with van der Waals surface area (Å²) < 4.78 is 2.06. The van der Waals surface area contributed by atoms with Crippen LogP contribution in [0.1, 0.15) is 15.9 Å². The molecule has 0 saturated carbocycles. The average Bonchev–Trinajstić information content (AvgIpc) is 2.75. The van der Waals surface area contributed by atoms with Crippen LogP contribution in [-0.2, 0) is 6.54 Å². The van der Waals surface area contributed by atoms with Crippen molar-refractivity contribution in [2.75, 3.05) is 31.1 Å². The molecule has 6 heteroatoms. The number of rotatable bonds is 4. The fourth-order valence-electron chi connectivity index (χ4n) is 3.58. The van der Waals surface area contributed by atoms with Crippen molar-refractivity contribution in [1.29, 1.82) is 0 Å². The number of carbonyl (C=O) groups is 1. The number of halogens is 2. The minimum absolute atomic E-state index is 0. The van der Waals surface area contributed by atoms with Gasteiger partial charge in [0.05, 0.1) is 10.7 Å². The Bertz CT molecular complexity index is 957. The summed E-state index contributed by atoms with van der Waals surface area (Å²) in [5.41, 5.74) is 2.98. The molecule has 0 spiro atoms. The summed E-state index contributed by atoms with van der Waals surface area (Å²) in [4.78, 5) is 17.2. The Morgan fingerprint density at radius 3 is 2.31 bits per heavy atom. The predicted octanol–water partition coefficient (Wildman–Crippen LogP) is 0.642. The smallest absolute Gasteiger partial charge is 0.260 e. The van der Waals surface area contributed by atoms with E-state index in [2.05, 4.69) is 21.6 Å². The quantitative estimate of drug-likeness (QED) is 0.571. The van der Waals surface area contributed by atoms with Gasteiger partial charge in [0.15, 0.2) is 18.9 Å². The molecule has 1 aliphatic rings. The first kappa shape index (κ1) is 21.2. The highest BCUT2D eigenvalue weighted by Crippen LogP contribution is 2.26. The van der Waals surface area contributed by atoms with Crippen molar-refractivity contribution in [3.05, 3.63) is 95.3 Å². The SMILES string of the molecule is O=C(c1ccc[n+](Cc2ccccc2)c1)N1CCN(c2ccccc2Cl)CC1.[Cl-]. The molecule has 0 aliphatic carbocycles.